The van der Waals surface area contributed by atoms with Crippen molar-refractivity contribution in [1.82, 2.24) is 0 Å². The van der Waals surface area contributed by atoms with Crippen molar-refractivity contribution in [1.29, 1.82) is 0 Å². The molecule has 0 N–H and O–H groups in total. The van der Waals surface area contributed by atoms with Crippen LogP contribution in [0.3, 0.4) is 0 Å². The van der Waals surface area contributed by atoms with E-state index in [4.69, 9.17) is 11.6 Å². The number of alkyl halides is 1. The maximum absolute atomic E-state index is 14.1. The zero-order valence-electron chi connectivity index (χ0n) is 9.84. The second kappa shape index (κ2) is 5.19. The largest absolute Gasteiger partial charge is 0.207 e. The van der Waals surface area contributed by atoms with E-state index in [1.54, 1.807) is 6.07 Å². The number of halogens is 4. The van der Waals surface area contributed by atoms with E-state index in [0.717, 1.165) is 6.42 Å². The summed E-state index contributed by atoms with van der Waals surface area (Å²) < 4.78 is 14.6. The third kappa shape index (κ3) is 2.37. The molecule has 0 saturated carbocycles. The molecular weight excluding hydrogens is 394 g/mol. The topological polar surface area (TPSA) is 0 Å². The molecule has 4 heteroatoms. The molecule has 1 aliphatic carbocycles. The molecule has 0 spiro atoms. The van der Waals surface area contributed by atoms with Crippen molar-refractivity contribution in [2.24, 2.45) is 0 Å². The molecule has 98 valence electrons. The van der Waals surface area contributed by atoms with E-state index in [2.05, 4.69) is 44.0 Å². The fourth-order valence-corrected chi connectivity index (χ4v) is 3.83. The zero-order valence-corrected chi connectivity index (χ0v) is 13.8. The van der Waals surface area contributed by atoms with Gasteiger partial charge in [-0.15, -0.1) is 0 Å². The van der Waals surface area contributed by atoms with Crippen molar-refractivity contribution in [2.75, 3.05) is 0 Å². The molecule has 0 radical (unpaired) electrons. The first-order valence-electron chi connectivity index (χ1n) is 5.94. The third-order valence-electron chi connectivity index (χ3n) is 3.58. The Bertz CT molecular complexity index is 642. The van der Waals surface area contributed by atoms with Crippen LogP contribution in [0.25, 0.3) is 0 Å². The smallest absolute Gasteiger partial charge is 0.128 e. The highest BCUT2D eigenvalue weighted by Crippen LogP contribution is 2.49. The molecule has 0 nitrogen and oxygen atoms in total. The van der Waals surface area contributed by atoms with Gasteiger partial charge >= 0.3 is 0 Å². The van der Waals surface area contributed by atoms with Crippen molar-refractivity contribution >= 4 is 43.5 Å². The summed E-state index contributed by atoms with van der Waals surface area (Å²) in [5, 5.41) is 0.536. The minimum atomic E-state index is -0.234. The molecular formula is C15H10Br2ClF. The lowest BCUT2D eigenvalue weighted by Gasteiger charge is -2.34. The van der Waals surface area contributed by atoms with Gasteiger partial charge in [0.2, 0.25) is 0 Å². The molecule has 0 aliphatic heterocycles. The summed E-state index contributed by atoms with van der Waals surface area (Å²) in [6.45, 7) is 0. The van der Waals surface area contributed by atoms with Crippen molar-refractivity contribution in [3.05, 3.63) is 68.4 Å². The van der Waals surface area contributed by atoms with Crippen LogP contribution in [0.4, 0.5) is 4.39 Å². The van der Waals surface area contributed by atoms with Gasteiger partial charge in [-0.1, -0.05) is 51.8 Å². The van der Waals surface area contributed by atoms with E-state index in [0.29, 0.717) is 21.0 Å². The van der Waals surface area contributed by atoms with E-state index >= 15 is 0 Å². The molecule has 0 saturated heterocycles. The Morgan fingerprint density at radius 3 is 2.74 bits per heavy atom. The first-order valence-corrected chi connectivity index (χ1v) is 8.03. The summed E-state index contributed by atoms with van der Waals surface area (Å²) in [6.07, 6.45) is 0.971. The van der Waals surface area contributed by atoms with E-state index in [9.17, 15) is 4.39 Å². The Labute approximate surface area is 133 Å². The number of hydrogen-bond donors (Lipinski definition) is 0. The van der Waals surface area contributed by atoms with Gasteiger partial charge in [0.15, 0.2) is 0 Å². The monoisotopic (exact) mass is 402 g/mol. The predicted octanol–water partition coefficient (Wildman–Crippen LogP) is 6.02. The van der Waals surface area contributed by atoms with E-state index in [1.165, 1.54) is 17.2 Å². The molecule has 2 unspecified atom stereocenters. The van der Waals surface area contributed by atoms with Gasteiger partial charge in [0.1, 0.15) is 5.82 Å². The summed E-state index contributed by atoms with van der Waals surface area (Å²) >= 11 is 12.9. The third-order valence-corrected chi connectivity index (χ3v) is 5.91. The summed E-state index contributed by atoms with van der Waals surface area (Å²) in [7, 11) is 0. The molecule has 0 bridgehead atoms. The maximum Gasteiger partial charge on any atom is 0.128 e. The maximum atomic E-state index is 14.1. The summed E-state index contributed by atoms with van der Waals surface area (Å²) in [6, 6.07) is 11.4. The quantitative estimate of drug-likeness (QED) is 0.424. The van der Waals surface area contributed by atoms with Crippen molar-refractivity contribution in [3.8, 4) is 0 Å². The van der Waals surface area contributed by atoms with Gasteiger partial charge in [-0.2, -0.15) is 0 Å². The van der Waals surface area contributed by atoms with E-state index < -0.39 is 0 Å². The molecule has 2 aromatic rings. The lowest BCUT2D eigenvalue weighted by atomic mass is 9.74. The van der Waals surface area contributed by atoms with Crippen molar-refractivity contribution in [2.45, 2.75) is 17.2 Å². The second-order valence-electron chi connectivity index (χ2n) is 4.70. The number of hydrogen-bond acceptors (Lipinski definition) is 0. The fourth-order valence-electron chi connectivity index (χ4n) is 2.52. The lowest BCUT2D eigenvalue weighted by molar-refractivity contribution is 0.557. The van der Waals surface area contributed by atoms with Gasteiger partial charge in [-0.3, -0.25) is 0 Å². The Morgan fingerprint density at radius 1 is 1.26 bits per heavy atom. The van der Waals surface area contributed by atoms with Gasteiger partial charge in [0.25, 0.3) is 0 Å². The SMILES string of the molecule is Fc1cc(Br)c(Cl)cc1C(Br)C1Cc2ccccc21. The summed E-state index contributed by atoms with van der Waals surface area (Å²) in [4.78, 5) is -0.0481. The Kier molecular flexibility index (Phi) is 3.71. The normalized spacial score (nSPS) is 18.6. The van der Waals surface area contributed by atoms with Gasteiger partial charge in [-0.05, 0) is 45.6 Å². The standard InChI is InChI=1S/C15H10Br2ClF/c16-12-7-14(19)11(6-13(12)18)15(17)10-5-8-3-1-2-4-9(8)10/h1-4,6-7,10,15H,5H2. The molecule has 0 fully saturated rings. The molecule has 2 aromatic carbocycles. The van der Waals surface area contributed by atoms with Crippen LogP contribution in [0.1, 0.15) is 27.4 Å². The molecule has 19 heavy (non-hydrogen) atoms. The van der Waals surface area contributed by atoms with Crippen LogP contribution < -0.4 is 0 Å². The number of fused-ring (bicyclic) bond motifs is 1. The van der Waals surface area contributed by atoms with Gasteiger partial charge < -0.3 is 0 Å². The van der Waals surface area contributed by atoms with Gasteiger partial charge in [0.05, 0.1) is 5.02 Å². The van der Waals surface area contributed by atoms with Crippen molar-refractivity contribution < 1.29 is 4.39 Å². The predicted molar refractivity (Wildman–Crippen MR) is 83.7 cm³/mol. The highest BCUT2D eigenvalue weighted by Gasteiger charge is 2.33. The van der Waals surface area contributed by atoms with E-state index in [-0.39, 0.29) is 10.6 Å². The summed E-state index contributed by atoms with van der Waals surface area (Å²) in [5.41, 5.74) is 3.26. The first kappa shape index (κ1) is 13.6. The van der Waals surface area contributed by atoms with Gasteiger partial charge in [-0.25, -0.2) is 4.39 Å². The van der Waals surface area contributed by atoms with Crippen molar-refractivity contribution in [3.63, 3.8) is 0 Å². The highest BCUT2D eigenvalue weighted by molar-refractivity contribution is 9.10. The lowest BCUT2D eigenvalue weighted by Crippen LogP contribution is -2.21. The van der Waals surface area contributed by atoms with Crippen LogP contribution in [0.5, 0.6) is 0 Å². The van der Waals surface area contributed by atoms with Crippen LogP contribution in [0, 0.1) is 5.82 Å². The minimum Gasteiger partial charge on any atom is -0.207 e. The van der Waals surface area contributed by atoms with Crippen LogP contribution in [0.15, 0.2) is 40.9 Å². The zero-order chi connectivity index (χ0) is 13.6. The fraction of sp³-hybridized carbons (Fsp3) is 0.200. The average Bonchev–Trinajstić information content (AvgIpc) is 2.35. The Morgan fingerprint density at radius 2 is 2.00 bits per heavy atom. The summed E-state index contributed by atoms with van der Waals surface area (Å²) in [5.74, 6) is 0.0745. The first-order chi connectivity index (χ1) is 9.08. The molecule has 0 heterocycles. The minimum absolute atomic E-state index is 0.0481. The Hall–Kier alpha value is -0.380. The van der Waals surface area contributed by atoms with Crippen LogP contribution in [-0.2, 0) is 6.42 Å². The molecule has 3 rings (SSSR count). The van der Waals surface area contributed by atoms with E-state index in [1.807, 2.05) is 12.1 Å². The van der Waals surface area contributed by atoms with Crippen LogP contribution in [-0.4, -0.2) is 0 Å². The molecule has 1 aliphatic rings. The second-order valence-corrected chi connectivity index (χ2v) is 6.95. The molecule has 0 amide bonds. The Balaban J connectivity index is 1.94. The molecule has 2 atom stereocenters. The number of benzene rings is 2. The average molecular weight is 405 g/mol. The van der Waals surface area contributed by atoms with Crippen LogP contribution in [0.2, 0.25) is 5.02 Å². The van der Waals surface area contributed by atoms with Gasteiger partial charge in [0, 0.05) is 20.8 Å². The molecule has 0 aromatic heterocycles. The van der Waals surface area contributed by atoms with Crippen LogP contribution >= 0.6 is 43.5 Å². The number of rotatable bonds is 2. The highest BCUT2D eigenvalue weighted by atomic mass is 79.9.